The standard InChI is InChI=1S/C19H18F6N2O/c20-18(21,22)15-3-1-2-14(12-15)17(27-10-8-26-9-11-27)13-4-6-16(7-5-13)28-19(23,24)25/h1-7,12,17,26H,8-11H2/t17-/m0/s1. The van der Waals surface area contributed by atoms with E-state index in [1.165, 1.54) is 30.3 Å². The maximum atomic E-state index is 13.1. The molecule has 0 aliphatic carbocycles. The van der Waals surface area contributed by atoms with E-state index in [2.05, 4.69) is 10.1 Å². The number of nitrogens with one attached hydrogen (secondary N) is 1. The van der Waals surface area contributed by atoms with Crippen LogP contribution in [0.2, 0.25) is 0 Å². The van der Waals surface area contributed by atoms with Crippen molar-refractivity contribution in [1.82, 2.24) is 10.2 Å². The fourth-order valence-electron chi connectivity index (χ4n) is 3.29. The minimum absolute atomic E-state index is 0.376. The maximum absolute atomic E-state index is 13.1. The van der Waals surface area contributed by atoms with Gasteiger partial charge in [-0.25, -0.2) is 0 Å². The van der Waals surface area contributed by atoms with Gasteiger partial charge in [0.1, 0.15) is 5.75 Å². The summed E-state index contributed by atoms with van der Waals surface area (Å²) in [5, 5.41) is 3.18. The number of piperazine rings is 1. The molecule has 0 spiro atoms. The first kappa shape index (κ1) is 20.5. The van der Waals surface area contributed by atoms with Gasteiger partial charge in [0.05, 0.1) is 11.6 Å². The Morgan fingerprint density at radius 2 is 1.50 bits per heavy atom. The molecular weight excluding hydrogens is 386 g/mol. The molecule has 0 saturated carbocycles. The number of ether oxygens (including phenoxy) is 1. The summed E-state index contributed by atoms with van der Waals surface area (Å²) in [5.41, 5.74) is 0.263. The first-order valence-electron chi connectivity index (χ1n) is 8.61. The van der Waals surface area contributed by atoms with Crippen molar-refractivity contribution in [3.05, 3.63) is 65.2 Å². The van der Waals surface area contributed by atoms with Gasteiger partial charge >= 0.3 is 12.5 Å². The zero-order chi connectivity index (χ0) is 20.4. The summed E-state index contributed by atoms with van der Waals surface area (Å²) >= 11 is 0. The molecule has 3 rings (SSSR count). The second kappa shape index (κ2) is 8.00. The highest BCUT2D eigenvalue weighted by Crippen LogP contribution is 2.35. The van der Waals surface area contributed by atoms with E-state index in [0.717, 1.165) is 12.1 Å². The summed E-state index contributed by atoms with van der Waals surface area (Å²) in [7, 11) is 0. The van der Waals surface area contributed by atoms with Gasteiger partial charge in [-0.3, -0.25) is 4.90 Å². The largest absolute Gasteiger partial charge is 0.573 e. The lowest BCUT2D eigenvalue weighted by Crippen LogP contribution is -2.45. The second-order valence-electron chi connectivity index (χ2n) is 6.43. The van der Waals surface area contributed by atoms with Gasteiger partial charge in [-0.05, 0) is 35.4 Å². The van der Waals surface area contributed by atoms with Crippen LogP contribution >= 0.6 is 0 Å². The monoisotopic (exact) mass is 404 g/mol. The molecule has 28 heavy (non-hydrogen) atoms. The predicted molar refractivity (Wildman–Crippen MR) is 90.9 cm³/mol. The molecule has 0 aromatic heterocycles. The smallest absolute Gasteiger partial charge is 0.406 e. The first-order chi connectivity index (χ1) is 13.1. The van der Waals surface area contributed by atoms with Gasteiger partial charge in [0.15, 0.2) is 0 Å². The van der Waals surface area contributed by atoms with Crippen LogP contribution in [0.1, 0.15) is 22.7 Å². The van der Waals surface area contributed by atoms with Crippen LogP contribution in [-0.2, 0) is 6.18 Å². The van der Waals surface area contributed by atoms with E-state index in [-0.39, 0.29) is 5.75 Å². The van der Waals surface area contributed by atoms with Crippen LogP contribution < -0.4 is 10.1 Å². The van der Waals surface area contributed by atoms with Gasteiger partial charge in [0.25, 0.3) is 0 Å². The molecule has 1 aliphatic heterocycles. The molecule has 9 heteroatoms. The summed E-state index contributed by atoms with van der Waals surface area (Å²) in [6, 6.07) is 9.77. The molecule has 0 radical (unpaired) electrons. The van der Waals surface area contributed by atoms with Crippen LogP contribution in [0.25, 0.3) is 0 Å². The molecule has 0 amide bonds. The Kier molecular flexibility index (Phi) is 5.85. The summed E-state index contributed by atoms with van der Waals surface area (Å²) in [5.74, 6) is -0.376. The number of hydrogen-bond acceptors (Lipinski definition) is 3. The van der Waals surface area contributed by atoms with Crippen molar-refractivity contribution in [2.45, 2.75) is 18.6 Å². The van der Waals surface area contributed by atoms with Crippen LogP contribution in [0.15, 0.2) is 48.5 Å². The maximum Gasteiger partial charge on any atom is 0.573 e. The predicted octanol–water partition coefficient (Wildman–Crippen LogP) is 4.60. The molecule has 1 N–H and O–H groups in total. The summed E-state index contributed by atoms with van der Waals surface area (Å²) < 4.78 is 80.4. The zero-order valence-electron chi connectivity index (χ0n) is 14.6. The van der Waals surface area contributed by atoms with E-state index >= 15 is 0 Å². The second-order valence-corrected chi connectivity index (χ2v) is 6.43. The molecule has 1 fully saturated rings. The zero-order valence-corrected chi connectivity index (χ0v) is 14.6. The third kappa shape index (κ3) is 5.17. The molecule has 1 atom stereocenters. The highest BCUT2D eigenvalue weighted by molar-refractivity contribution is 5.38. The van der Waals surface area contributed by atoms with Gasteiger partial charge in [-0.1, -0.05) is 24.3 Å². The molecule has 0 unspecified atom stereocenters. The fraction of sp³-hybridized carbons (Fsp3) is 0.368. The number of halogens is 6. The highest BCUT2D eigenvalue weighted by atomic mass is 19.4. The van der Waals surface area contributed by atoms with Crippen LogP contribution in [0, 0.1) is 0 Å². The van der Waals surface area contributed by atoms with Crippen LogP contribution in [0.5, 0.6) is 5.75 Å². The van der Waals surface area contributed by atoms with E-state index in [9.17, 15) is 26.3 Å². The van der Waals surface area contributed by atoms with Gasteiger partial charge in [-0.15, -0.1) is 13.2 Å². The Morgan fingerprint density at radius 3 is 2.07 bits per heavy atom. The van der Waals surface area contributed by atoms with E-state index in [1.807, 2.05) is 4.90 Å². The normalized spacial score (nSPS) is 17.4. The van der Waals surface area contributed by atoms with Crippen molar-refractivity contribution in [2.24, 2.45) is 0 Å². The van der Waals surface area contributed by atoms with Gasteiger partial charge < -0.3 is 10.1 Å². The van der Waals surface area contributed by atoms with Gasteiger partial charge in [-0.2, -0.15) is 13.2 Å². The van der Waals surface area contributed by atoms with Crippen molar-refractivity contribution >= 4 is 0 Å². The topological polar surface area (TPSA) is 24.5 Å². The highest BCUT2D eigenvalue weighted by Gasteiger charge is 2.33. The minimum Gasteiger partial charge on any atom is -0.406 e. The third-order valence-electron chi connectivity index (χ3n) is 4.48. The molecule has 0 bridgehead atoms. The number of nitrogens with zero attached hydrogens (tertiary/aromatic N) is 1. The Balaban J connectivity index is 1.96. The van der Waals surface area contributed by atoms with E-state index < -0.39 is 24.1 Å². The number of benzene rings is 2. The Hall–Kier alpha value is -2.26. The minimum atomic E-state index is -4.81. The Bertz CT molecular complexity index is 782. The number of alkyl halides is 6. The number of hydrogen-bond donors (Lipinski definition) is 1. The lowest BCUT2D eigenvalue weighted by Gasteiger charge is -2.36. The fourth-order valence-corrected chi connectivity index (χ4v) is 3.29. The van der Waals surface area contributed by atoms with Crippen LogP contribution in [0.3, 0.4) is 0 Å². The Labute approximate surface area is 157 Å². The van der Waals surface area contributed by atoms with Crippen LogP contribution in [-0.4, -0.2) is 37.4 Å². The molecular formula is C19H18F6N2O. The van der Waals surface area contributed by atoms with Crippen molar-refractivity contribution in [3.8, 4) is 5.75 Å². The quantitative estimate of drug-likeness (QED) is 0.754. The molecule has 3 nitrogen and oxygen atoms in total. The van der Waals surface area contributed by atoms with Gasteiger partial charge in [0, 0.05) is 26.2 Å². The molecule has 1 saturated heterocycles. The average Bonchev–Trinajstić information content (AvgIpc) is 2.63. The lowest BCUT2D eigenvalue weighted by molar-refractivity contribution is -0.274. The number of rotatable bonds is 4. The van der Waals surface area contributed by atoms with E-state index in [0.29, 0.717) is 37.3 Å². The third-order valence-corrected chi connectivity index (χ3v) is 4.48. The van der Waals surface area contributed by atoms with Crippen LogP contribution in [0.4, 0.5) is 26.3 Å². The van der Waals surface area contributed by atoms with Crippen molar-refractivity contribution in [3.63, 3.8) is 0 Å². The lowest BCUT2D eigenvalue weighted by atomic mass is 9.95. The van der Waals surface area contributed by atoms with Crippen molar-refractivity contribution in [2.75, 3.05) is 26.2 Å². The molecule has 2 aromatic rings. The summed E-state index contributed by atoms with van der Waals surface area (Å²) in [6.07, 6.45) is -9.28. The molecule has 2 aromatic carbocycles. The molecule has 1 heterocycles. The average molecular weight is 404 g/mol. The molecule has 1 aliphatic rings. The molecule has 152 valence electrons. The summed E-state index contributed by atoms with van der Waals surface area (Å²) in [6.45, 7) is 2.54. The van der Waals surface area contributed by atoms with Crippen molar-refractivity contribution in [1.29, 1.82) is 0 Å². The first-order valence-corrected chi connectivity index (χ1v) is 8.61. The van der Waals surface area contributed by atoms with Crippen molar-refractivity contribution < 1.29 is 31.1 Å². The van der Waals surface area contributed by atoms with E-state index in [1.54, 1.807) is 6.07 Å². The van der Waals surface area contributed by atoms with Gasteiger partial charge in [0.2, 0.25) is 0 Å². The van der Waals surface area contributed by atoms with E-state index in [4.69, 9.17) is 0 Å². The Morgan fingerprint density at radius 1 is 0.857 bits per heavy atom. The SMILES string of the molecule is FC(F)(F)Oc1ccc([C@@H](c2cccc(C(F)(F)F)c2)N2CCNCC2)cc1. The summed E-state index contributed by atoms with van der Waals surface area (Å²) in [4.78, 5) is 2.01.